The summed E-state index contributed by atoms with van der Waals surface area (Å²) in [6, 6.07) is 14.2. The molecule has 2 amide bonds. The number of carbonyl (C=O) groups excluding carboxylic acids is 2. The standard InChI is InChI=1S/C21H21N3O3/c1-14-11-15(13-22)5-6-18(14)16-3-2-4-17(12-16)21(27)24-9-8-23-20(26)19(24)7-10-25/h2-6,11-12,19,25H,7-10H2,1H3,(H,23,26). The van der Waals surface area contributed by atoms with Gasteiger partial charge in [0.1, 0.15) is 6.04 Å². The van der Waals surface area contributed by atoms with Crippen molar-refractivity contribution < 1.29 is 14.7 Å². The van der Waals surface area contributed by atoms with Gasteiger partial charge in [-0.05, 0) is 54.3 Å². The summed E-state index contributed by atoms with van der Waals surface area (Å²) in [5.41, 5.74) is 3.87. The molecule has 0 spiro atoms. The van der Waals surface area contributed by atoms with Gasteiger partial charge in [0, 0.05) is 25.3 Å². The highest BCUT2D eigenvalue weighted by Crippen LogP contribution is 2.26. The summed E-state index contributed by atoms with van der Waals surface area (Å²) in [4.78, 5) is 26.6. The van der Waals surface area contributed by atoms with E-state index >= 15 is 0 Å². The third-order valence-corrected chi connectivity index (χ3v) is 4.77. The molecule has 1 aliphatic heterocycles. The number of carbonyl (C=O) groups is 2. The second-order valence-electron chi connectivity index (χ2n) is 6.54. The van der Waals surface area contributed by atoms with Crippen LogP contribution in [0.2, 0.25) is 0 Å². The Kier molecular flexibility index (Phi) is 5.53. The molecule has 138 valence electrons. The lowest BCUT2D eigenvalue weighted by Crippen LogP contribution is -2.57. The Balaban J connectivity index is 1.92. The molecule has 0 aromatic heterocycles. The minimum atomic E-state index is -0.656. The molecule has 2 aromatic carbocycles. The quantitative estimate of drug-likeness (QED) is 0.867. The first kappa shape index (κ1) is 18.6. The molecule has 0 radical (unpaired) electrons. The number of rotatable bonds is 4. The van der Waals surface area contributed by atoms with Gasteiger partial charge in [-0.2, -0.15) is 5.26 Å². The van der Waals surface area contributed by atoms with E-state index in [2.05, 4.69) is 11.4 Å². The Morgan fingerprint density at radius 3 is 2.85 bits per heavy atom. The summed E-state index contributed by atoms with van der Waals surface area (Å²) < 4.78 is 0. The number of hydrogen-bond donors (Lipinski definition) is 2. The van der Waals surface area contributed by atoms with Crippen LogP contribution in [0.3, 0.4) is 0 Å². The number of aliphatic hydroxyl groups is 1. The first-order valence-electron chi connectivity index (χ1n) is 8.86. The van der Waals surface area contributed by atoms with E-state index in [1.54, 1.807) is 18.2 Å². The van der Waals surface area contributed by atoms with Gasteiger partial charge in [-0.25, -0.2) is 0 Å². The van der Waals surface area contributed by atoms with E-state index in [-0.39, 0.29) is 24.8 Å². The van der Waals surface area contributed by atoms with E-state index in [4.69, 9.17) is 5.26 Å². The number of nitriles is 1. The molecule has 3 rings (SSSR count). The molecule has 1 unspecified atom stereocenters. The zero-order valence-corrected chi connectivity index (χ0v) is 15.1. The molecule has 1 fully saturated rings. The summed E-state index contributed by atoms with van der Waals surface area (Å²) in [5.74, 6) is -0.459. The van der Waals surface area contributed by atoms with Crippen LogP contribution >= 0.6 is 0 Å². The van der Waals surface area contributed by atoms with Crippen LogP contribution in [0.5, 0.6) is 0 Å². The van der Waals surface area contributed by atoms with Crippen LogP contribution in [-0.2, 0) is 4.79 Å². The number of piperazine rings is 1. The molecule has 1 atom stereocenters. The molecule has 6 heteroatoms. The summed E-state index contributed by atoms with van der Waals surface area (Å²) >= 11 is 0. The van der Waals surface area contributed by atoms with Gasteiger partial charge in [0.15, 0.2) is 0 Å². The second kappa shape index (κ2) is 8.02. The van der Waals surface area contributed by atoms with E-state index in [1.165, 1.54) is 4.90 Å². The largest absolute Gasteiger partial charge is 0.396 e. The van der Waals surface area contributed by atoms with Gasteiger partial charge in [0.05, 0.1) is 11.6 Å². The van der Waals surface area contributed by atoms with Crippen molar-refractivity contribution in [2.45, 2.75) is 19.4 Å². The van der Waals surface area contributed by atoms with Crippen molar-refractivity contribution in [1.82, 2.24) is 10.2 Å². The first-order chi connectivity index (χ1) is 13.0. The summed E-state index contributed by atoms with van der Waals surface area (Å²) in [6.45, 7) is 2.58. The molecule has 1 aliphatic rings. The van der Waals surface area contributed by atoms with Crippen LogP contribution in [0.25, 0.3) is 11.1 Å². The fraction of sp³-hybridized carbons (Fsp3) is 0.286. The predicted molar refractivity (Wildman–Crippen MR) is 101 cm³/mol. The number of aliphatic hydroxyl groups excluding tert-OH is 1. The normalized spacial score (nSPS) is 16.6. The van der Waals surface area contributed by atoms with Crippen LogP contribution in [-0.4, -0.2) is 47.6 Å². The first-order valence-corrected chi connectivity index (χ1v) is 8.86. The molecule has 0 bridgehead atoms. The minimum Gasteiger partial charge on any atom is -0.396 e. The maximum Gasteiger partial charge on any atom is 0.254 e. The Hall–Kier alpha value is -3.17. The third kappa shape index (κ3) is 3.83. The Morgan fingerprint density at radius 1 is 1.33 bits per heavy atom. The molecule has 0 aliphatic carbocycles. The summed E-state index contributed by atoms with van der Waals surface area (Å²) in [5, 5.41) is 21.0. The van der Waals surface area contributed by atoms with Crippen molar-refractivity contribution in [3.05, 3.63) is 59.2 Å². The monoisotopic (exact) mass is 363 g/mol. The molecule has 1 saturated heterocycles. The molecular formula is C21H21N3O3. The Labute approximate surface area is 158 Å². The smallest absolute Gasteiger partial charge is 0.254 e. The van der Waals surface area contributed by atoms with E-state index in [1.807, 2.05) is 31.2 Å². The number of amides is 2. The number of benzene rings is 2. The highest BCUT2D eigenvalue weighted by Gasteiger charge is 2.33. The van der Waals surface area contributed by atoms with Gasteiger partial charge in [-0.15, -0.1) is 0 Å². The lowest BCUT2D eigenvalue weighted by atomic mass is 9.96. The van der Waals surface area contributed by atoms with Crippen molar-refractivity contribution in [3.8, 4) is 17.2 Å². The number of nitrogens with zero attached hydrogens (tertiary/aromatic N) is 2. The molecule has 6 nitrogen and oxygen atoms in total. The molecular weight excluding hydrogens is 342 g/mol. The van der Waals surface area contributed by atoms with Crippen molar-refractivity contribution in [3.63, 3.8) is 0 Å². The van der Waals surface area contributed by atoms with Crippen LogP contribution in [0, 0.1) is 18.3 Å². The maximum atomic E-state index is 13.0. The fourth-order valence-corrected chi connectivity index (χ4v) is 3.41. The lowest BCUT2D eigenvalue weighted by Gasteiger charge is -2.35. The fourth-order valence-electron chi connectivity index (χ4n) is 3.41. The third-order valence-electron chi connectivity index (χ3n) is 4.77. The van der Waals surface area contributed by atoms with Gasteiger partial charge < -0.3 is 15.3 Å². The van der Waals surface area contributed by atoms with E-state index in [0.29, 0.717) is 24.2 Å². The van der Waals surface area contributed by atoms with E-state index < -0.39 is 6.04 Å². The average Bonchev–Trinajstić information content (AvgIpc) is 2.69. The molecule has 1 heterocycles. The van der Waals surface area contributed by atoms with Crippen LogP contribution in [0.15, 0.2) is 42.5 Å². The highest BCUT2D eigenvalue weighted by atomic mass is 16.3. The zero-order chi connectivity index (χ0) is 19.4. The minimum absolute atomic E-state index is 0.160. The summed E-state index contributed by atoms with van der Waals surface area (Å²) in [6.07, 6.45) is 0.214. The van der Waals surface area contributed by atoms with E-state index in [9.17, 15) is 14.7 Å². The molecule has 2 aromatic rings. The molecule has 0 saturated carbocycles. The van der Waals surface area contributed by atoms with Crippen molar-refractivity contribution in [1.29, 1.82) is 5.26 Å². The van der Waals surface area contributed by atoms with Crippen LogP contribution < -0.4 is 5.32 Å². The van der Waals surface area contributed by atoms with Gasteiger partial charge in [0.25, 0.3) is 5.91 Å². The lowest BCUT2D eigenvalue weighted by molar-refractivity contribution is -0.128. The van der Waals surface area contributed by atoms with Crippen LogP contribution in [0.4, 0.5) is 0 Å². The number of aryl methyl sites for hydroxylation is 1. The zero-order valence-electron chi connectivity index (χ0n) is 15.1. The van der Waals surface area contributed by atoms with E-state index in [0.717, 1.165) is 16.7 Å². The topological polar surface area (TPSA) is 93.4 Å². The van der Waals surface area contributed by atoms with Crippen molar-refractivity contribution in [2.24, 2.45) is 0 Å². The predicted octanol–water partition coefficient (Wildman–Crippen LogP) is 1.86. The number of hydrogen-bond acceptors (Lipinski definition) is 4. The van der Waals surface area contributed by atoms with Gasteiger partial charge >= 0.3 is 0 Å². The SMILES string of the molecule is Cc1cc(C#N)ccc1-c1cccc(C(=O)N2CCNC(=O)C2CCO)c1. The van der Waals surface area contributed by atoms with Gasteiger partial charge in [0.2, 0.25) is 5.91 Å². The maximum absolute atomic E-state index is 13.0. The number of nitrogens with one attached hydrogen (secondary N) is 1. The highest BCUT2D eigenvalue weighted by molar-refractivity contribution is 5.99. The Morgan fingerprint density at radius 2 is 2.15 bits per heavy atom. The second-order valence-corrected chi connectivity index (χ2v) is 6.54. The van der Waals surface area contributed by atoms with Crippen molar-refractivity contribution >= 4 is 11.8 Å². The van der Waals surface area contributed by atoms with Gasteiger partial charge in [-0.3, -0.25) is 9.59 Å². The van der Waals surface area contributed by atoms with Crippen molar-refractivity contribution in [2.75, 3.05) is 19.7 Å². The summed E-state index contributed by atoms with van der Waals surface area (Å²) in [7, 11) is 0. The van der Waals surface area contributed by atoms with Gasteiger partial charge in [-0.1, -0.05) is 18.2 Å². The molecule has 27 heavy (non-hydrogen) atoms. The van der Waals surface area contributed by atoms with Crippen LogP contribution in [0.1, 0.15) is 27.9 Å². The molecule has 2 N–H and O–H groups in total. The average molecular weight is 363 g/mol. The Bertz CT molecular complexity index is 917.